The van der Waals surface area contributed by atoms with Crippen LogP contribution in [0, 0.1) is 6.92 Å². The molecule has 0 atom stereocenters. The first-order valence-corrected chi connectivity index (χ1v) is 13.1. The first-order valence-electron chi connectivity index (χ1n) is 12.3. The maximum Gasteiger partial charge on any atom is 0.272 e. The number of nitrogens with one attached hydrogen (secondary N) is 1. The highest BCUT2D eigenvalue weighted by Crippen LogP contribution is 2.29. The molecule has 184 valence electrons. The van der Waals surface area contributed by atoms with Crippen LogP contribution in [0.2, 0.25) is 0 Å². The molecular weight excluding hydrogens is 456 g/mol. The third-order valence-corrected chi connectivity index (χ3v) is 7.09. The Labute approximate surface area is 212 Å². The van der Waals surface area contributed by atoms with Gasteiger partial charge in [0, 0.05) is 43.8 Å². The largest absolute Gasteiger partial charge is 0.495 e. The number of nitrogens with zero attached hydrogens (tertiary/aromatic N) is 3. The minimum atomic E-state index is -0.00935. The van der Waals surface area contributed by atoms with E-state index in [0.717, 1.165) is 47.2 Å². The second kappa shape index (κ2) is 12.0. The van der Waals surface area contributed by atoms with Crippen LogP contribution in [0.15, 0.2) is 65.7 Å². The summed E-state index contributed by atoms with van der Waals surface area (Å²) in [6, 6.07) is 20.5. The van der Waals surface area contributed by atoms with E-state index >= 15 is 0 Å². The first kappa shape index (κ1) is 24.9. The molecule has 0 saturated carbocycles. The van der Waals surface area contributed by atoms with Gasteiger partial charge in [-0.1, -0.05) is 43.7 Å². The normalized spacial score (nSPS) is 13.6. The van der Waals surface area contributed by atoms with Crippen LogP contribution < -0.4 is 14.4 Å². The van der Waals surface area contributed by atoms with E-state index < -0.39 is 0 Å². The molecule has 1 fully saturated rings. The summed E-state index contributed by atoms with van der Waals surface area (Å²) < 4.78 is 8.86. The summed E-state index contributed by atoms with van der Waals surface area (Å²) in [6.45, 7) is 6.98. The molecule has 6 nitrogen and oxygen atoms in total. The van der Waals surface area contributed by atoms with Crippen LogP contribution in [0.25, 0.3) is 0 Å². The summed E-state index contributed by atoms with van der Waals surface area (Å²) >= 11 is 1.43. The number of carbonyl (C=O) groups excluding carboxylic acids is 1. The monoisotopic (exact) mass is 490 g/mol. The Hall–Kier alpha value is -3.19. The molecule has 1 aliphatic heterocycles. The van der Waals surface area contributed by atoms with Gasteiger partial charge in [-0.15, -0.1) is 0 Å². The lowest BCUT2D eigenvalue weighted by Gasteiger charge is -2.36. The maximum atomic E-state index is 13.3. The second-order valence-electron chi connectivity index (χ2n) is 8.77. The molecule has 0 spiro atoms. The number of para-hydroxylation sites is 2. The van der Waals surface area contributed by atoms with Crippen molar-refractivity contribution in [3.8, 4) is 5.75 Å². The van der Waals surface area contributed by atoms with E-state index in [0.29, 0.717) is 18.8 Å². The average molecular weight is 491 g/mol. The number of ether oxygens (including phenoxy) is 1. The van der Waals surface area contributed by atoms with E-state index in [9.17, 15) is 4.79 Å². The number of aryl methyl sites for hydroxylation is 2. The highest BCUT2D eigenvalue weighted by atomic mass is 32.2. The van der Waals surface area contributed by atoms with Crippen LogP contribution in [0.4, 0.5) is 11.4 Å². The molecule has 1 N–H and O–H groups in total. The molecule has 2 heterocycles. The fraction of sp³-hybridized carbons (Fsp3) is 0.357. The van der Waals surface area contributed by atoms with Gasteiger partial charge in [0.1, 0.15) is 16.5 Å². The van der Waals surface area contributed by atoms with E-state index in [2.05, 4.69) is 46.9 Å². The Morgan fingerprint density at radius 2 is 1.77 bits per heavy atom. The standard InChI is InChI=1S/C28H34N4O2S/c1-4-5-8-22-12-14-23(15-13-22)30-35-26-16-11-21(2)27(29-26)28(33)32-19-17-31(18-20-32)24-9-6-7-10-25(24)34-3/h6-7,9-16,30H,4-5,8,17-20H2,1-3H3. The van der Waals surface area contributed by atoms with Crippen LogP contribution >= 0.6 is 11.9 Å². The molecule has 0 unspecified atom stereocenters. The Bertz CT molecular complexity index is 1130. The van der Waals surface area contributed by atoms with Crippen molar-refractivity contribution in [3.63, 3.8) is 0 Å². The van der Waals surface area contributed by atoms with Crippen molar-refractivity contribution in [2.75, 3.05) is 42.9 Å². The molecule has 1 saturated heterocycles. The third-order valence-electron chi connectivity index (χ3n) is 6.31. The molecule has 7 heteroatoms. The Kier molecular flexibility index (Phi) is 8.53. The number of unbranched alkanes of at least 4 members (excludes halogenated alkanes) is 1. The molecular formula is C28H34N4O2S. The molecule has 1 aliphatic rings. The SMILES string of the molecule is CCCCc1ccc(NSc2ccc(C)c(C(=O)N3CCN(c4ccccc4OC)CC3)n2)cc1. The van der Waals surface area contributed by atoms with Gasteiger partial charge < -0.3 is 19.3 Å². The summed E-state index contributed by atoms with van der Waals surface area (Å²) in [6.07, 6.45) is 3.52. The zero-order valence-electron chi connectivity index (χ0n) is 20.8. The summed E-state index contributed by atoms with van der Waals surface area (Å²) in [4.78, 5) is 22.2. The van der Waals surface area contributed by atoms with E-state index in [-0.39, 0.29) is 5.91 Å². The number of aromatic nitrogens is 1. The molecule has 35 heavy (non-hydrogen) atoms. The van der Waals surface area contributed by atoms with Gasteiger partial charge in [-0.3, -0.25) is 4.79 Å². The Balaban J connectivity index is 1.36. The van der Waals surface area contributed by atoms with Crippen LogP contribution in [-0.4, -0.2) is 49.1 Å². The lowest BCUT2D eigenvalue weighted by atomic mass is 10.1. The topological polar surface area (TPSA) is 57.7 Å². The zero-order valence-corrected chi connectivity index (χ0v) is 21.6. The van der Waals surface area contributed by atoms with Crippen molar-refractivity contribution in [2.24, 2.45) is 0 Å². The third kappa shape index (κ3) is 6.28. The number of anilines is 2. The number of carbonyl (C=O) groups is 1. The summed E-state index contributed by atoms with van der Waals surface area (Å²) in [5.74, 6) is 0.850. The zero-order chi connectivity index (χ0) is 24.6. The fourth-order valence-electron chi connectivity index (χ4n) is 4.21. The van der Waals surface area contributed by atoms with Crippen molar-refractivity contribution >= 4 is 29.2 Å². The number of piperazine rings is 1. The summed E-state index contributed by atoms with van der Waals surface area (Å²) in [5.41, 5.74) is 4.87. The van der Waals surface area contributed by atoms with Crippen LogP contribution in [-0.2, 0) is 6.42 Å². The Morgan fingerprint density at radius 1 is 1.03 bits per heavy atom. The van der Waals surface area contributed by atoms with Crippen molar-refractivity contribution < 1.29 is 9.53 Å². The van der Waals surface area contributed by atoms with Crippen molar-refractivity contribution in [1.82, 2.24) is 9.88 Å². The molecule has 0 bridgehead atoms. The number of hydrogen-bond acceptors (Lipinski definition) is 6. The van der Waals surface area contributed by atoms with Gasteiger partial charge in [-0.25, -0.2) is 4.98 Å². The Morgan fingerprint density at radius 3 is 2.49 bits per heavy atom. The van der Waals surface area contributed by atoms with E-state index in [1.165, 1.54) is 30.4 Å². The predicted molar refractivity (Wildman–Crippen MR) is 145 cm³/mol. The van der Waals surface area contributed by atoms with Crippen molar-refractivity contribution in [1.29, 1.82) is 0 Å². The van der Waals surface area contributed by atoms with Gasteiger partial charge in [0.25, 0.3) is 5.91 Å². The van der Waals surface area contributed by atoms with E-state index in [1.807, 2.05) is 42.2 Å². The van der Waals surface area contributed by atoms with Gasteiger partial charge in [0.2, 0.25) is 0 Å². The molecule has 0 radical (unpaired) electrons. The minimum absolute atomic E-state index is 0.00935. The lowest BCUT2D eigenvalue weighted by molar-refractivity contribution is 0.0739. The number of benzene rings is 2. The second-order valence-corrected chi connectivity index (χ2v) is 9.60. The molecule has 0 aliphatic carbocycles. The molecule has 2 aromatic carbocycles. The highest BCUT2D eigenvalue weighted by Gasteiger charge is 2.25. The maximum absolute atomic E-state index is 13.3. The molecule has 1 aromatic heterocycles. The quantitative estimate of drug-likeness (QED) is 0.381. The lowest BCUT2D eigenvalue weighted by Crippen LogP contribution is -2.49. The minimum Gasteiger partial charge on any atom is -0.495 e. The van der Waals surface area contributed by atoms with Gasteiger partial charge in [0.15, 0.2) is 0 Å². The van der Waals surface area contributed by atoms with Gasteiger partial charge in [-0.05, 0) is 61.2 Å². The fourth-order valence-corrected chi connectivity index (χ4v) is 4.84. The van der Waals surface area contributed by atoms with Crippen LogP contribution in [0.5, 0.6) is 5.75 Å². The van der Waals surface area contributed by atoms with Gasteiger partial charge in [-0.2, -0.15) is 0 Å². The summed E-state index contributed by atoms with van der Waals surface area (Å²) in [7, 11) is 1.69. The highest BCUT2D eigenvalue weighted by molar-refractivity contribution is 8.00. The number of rotatable bonds is 9. The number of methoxy groups -OCH3 is 1. The molecule has 1 amide bonds. The number of amides is 1. The number of hydrogen-bond donors (Lipinski definition) is 1. The summed E-state index contributed by atoms with van der Waals surface area (Å²) in [5, 5.41) is 0.779. The van der Waals surface area contributed by atoms with E-state index in [1.54, 1.807) is 7.11 Å². The van der Waals surface area contributed by atoms with Crippen molar-refractivity contribution in [2.45, 2.75) is 38.1 Å². The molecule has 4 rings (SSSR count). The molecule has 3 aromatic rings. The first-order chi connectivity index (χ1) is 17.1. The van der Waals surface area contributed by atoms with Crippen LogP contribution in [0.1, 0.15) is 41.4 Å². The predicted octanol–water partition coefficient (Wildman–Crippen LogP) is 5.82. The van der Waals surface area contributed by atoms with Crippen molar-refractivity contribution in [3.05, 3.63) is 77.5 Å². The smallest absolute Gasteiger partial charge is 0.272 e. The average Bonchev–Trinajstić information content (AvgIpc) is 2.91. The van der Waals surface area contributed by atoms with Crippen LogP contribution in [0.3, 0.4) is 0 Å². The number of pyridine rings is 1. The van der Waals surface area contributed by atoms with E-state index in [4.69, 9.17) is 9.72 Å². The van der Waals surface area contributed by atoms with Gasteiger partial charge in [0.05, 0.1) is 12.8 Å². The van der Waals surface area contributed by atoms with Gasteiger partial charge >= 0.3 is 0 Å².